The molecule has 2 amide bonds. The lowest BCUT2D eigenvalue weighted by atomic mass is 10.2. The van der Waals surface area contributed by atoms with E-state index in [0.29, 0.717) is 37.5 Å². The number of imidazole rings is 1. The van der Waals surface area contributed by atoms with Crippen LogP contribution in [0.15, 0.2) is 41.7 Å². The zero-order valence-corrected chi connectivity index (χ0v) is 17.4. The number of nitrogens with one attached hydrogen (secondary N) is 1. The molecule has 0 bridgehead atoms. The molecular formula is C19H28N4O4S. The number of urea groups is 1. The number of benzene rings is 1. The van der Waals surface area contributed by atoms with E-state index < -0.39 is 9.84 Å². The van der Waals surface area contributed by atoms with Crippen molar-refractivity contribution in [3.63, 3.8) is 0 Å². The minimum absolute atomic E-state index is 0.00430. The van der Waals surface area contributed by atoms with Gasteiger partial charge in [-0.1, -0.05) is 30.3 Å². The monoisotopic (exact) mass is 408 g/mol. The van der Waals surface area contributed by atoms with Crippen LogP contribution in [0.1, 0.15) is 25.1 Å². The van der Waals surface area contributed by atoms with Gasteiger partial charge in [-0.3, -0.25) is 0 Å². The lowest BCUT2D eigenvalue weighted by Crippen LogP contribution is -2.39. The molecule has 0 aliphatic rings. The summed E-state index contributed by atoms with van der Waals surface area (Å²) < 4.78 is 32.7. The number of methoxy groups -OCH3 is 1. The highest BCUT2D eigenvalue weighted by molar-refractivity contribution is 7.90. The molecule has 1 aromatic heterocycles. The Morgan fingerprint density at radius 1 is 1.25 bits per heavy atom. The van der Waals surface area contributed by atoms with Gasteiger partial charge in [0, 0.05) is 26.7 Å². The predicted molar refractivity (Wildman–Crippen MR) is 107 cm³/mol. The van der Waals surface area contributed by atoms with E-state index in [1.165, 1.54) is 6.20 Å². The van der Waals surface area contributed by atoms with Crippen LogP contribution in [0.3, 0.4) is 0 Å². The molecule has 2 aromatic rings. The number of aromatic nitrogens is 2. The van der Waals surface area contributed by atoms with E-state index in [4.69, 9.17) is 4.74 Å². The number of nitrogens with zero attached hydrogens (tertiary/aromatic N) is 3. The first-order valence-corrected chi connectivity index (χ1v) is 10.9. The summed E-state index contributed by atoms with van der Waals surface area (Å²) in [5.74, 6) is -0.134. The van der Waals surface area contributed by atoms with Crippen LogP contribution in [0.2, 0.25) is 0 Å². The zero-order chi connectivity index (χ0) is 20.6. The van der Waals surface area contributed by atoms with Crippen molar-refractivity contribution in [1.29, 1.82) is 0 Å². The Labute approximate surface area is 166 Å². The van der Waals surface area contributed by atoms with E-state index in [0.717, 1.165) is 0 Å². The second-order valence-corrected chi connectivity index (χ2v) is 8.15. The summed E-state index contributed by atoms with van der Waals surface area (Å²) in [5, 5.41) is 2.76. The average Bonchev–Trinajstić information content (AvgIpc) is 3.08. The molecule has 0 radical (unpaired) electrons. The van der Waals surface area contributed by atoms with E-state index in [1.807, 2.05) is 19.9 Å². The molecule has 0 aliphatic carbocycles. The highest BCUT2D eigenvalue weighted by atomic mass is 32.2. The van der Waals surface area contributed by atoms with Gasteiger partial charge in [0.1, 0.15) is 0 Å². The van der Waals surface area contributed by atoms with Crippen molar-refractivity contribution in [2.75, 3.05) is 26.8 Å². The summed E-state index contributed by atoms with van der Waals surface area (Å²) >= 11 is 0. The van der Waals surface area contributed by atoms with Crippen molar-refractivity contribution < 1.29 is 17.9 Å². The molecule has 1 heterocycles. The first kappa shape index (κ1) is 21.9. The summed E-state index contributed by atoms with van der Waals surface area (Å²) in [7, 11) is -2.09. The normalized spacial score (nSPS) is 11.4. The van der Waals surface area contributed by atoms with Gasteiger partial charge < -0.3 is 19.5 Å². The molecule has 154 valence electrons. The van der Waals surface area contributed by atoms with E-state index in [-0.39, 0.29) is 23.5 Å². The fourth-order valence-corrected chi connectivity index (χ4v) is 4.35. The standard InChI is InChI=1S/C19H28N4O4S/c1-4-20-18(24)22(5-2)14-17-13-21-19(23(17)11-12-27-3)28(25,26)15-16-9-7-6-8-10-16/h6-10,13H,4-5,11-12,14-15H2,1-3H3,(H,20,24). The van der Waals surface area contributed by atoms with Gasteiger partial charge in [-0.25, -0.2) is 18.2 Å². The van der Waals surface area contributed by atoms with Crippen molar-refractivity contribution in [2.45, 2.75) is 37.8 Å². The van der Waals surface area contributed by atoms with Crippen LogP contribution in [0.25, 0.3) is 0 Å². The maximum absolute atomic E-state index is 13.0. The van der Waals surface area contributed by atoms with Gasteiger partial charge in [-0.05, 0) is 19.4 Å². The van der Waals surface area contributed by atoms with Gasteiger partial charge in [-0.2, -0.15) is 0 Å². The molecule has 8 nitrogen and oxygen atoms in total. The van der Waals surface area contributed by atoms with Crippen molar-refractivity contribution in [2.24, 2.45) is 0 Å². The van der Waals surface area contributed by atoms with Crippen molar-refractivity contribution in [1.82, 2.24) is 19.8 Å². The van der Waals surface area contributed by atoms with Gasteiger partial charge >= 0.3 is 6.03 Å². The Kier molecular flexibility index (Phi) is 8.01. The molecule has 1 aromatic carbocycles. The Balaban J connectivity index is 2.33. The van der Waals surface area contributed by atoms with Crippen LogP contribution in [-0.2, 0) is 33.4 Å². The minimum Gasteiger partial charge on any atom is -0.383 e. The number of amides is 2. The third-order valence-corrected chi connectivity index (χ3v) is 5.84. The fraction of sp³-hybridized carbons (Fsp3) is 0.474. The highest BCUT2D eigenvalue weighted by Crippen LogP contribution is 2.19. The molecule has 28 heavy (non-hydrogen) atoms. The first-order valence-electron chi connectivity index (χ1n) is 9.25. The topological polar surface area (TPSA) is 93.5 Å². The summed E-state index contributed by atoms with van der Waals surface area (Å²) in [5.41, 5.74) is 1.35. The fourth-order valence-electron chi connectivity index (χ4n) is 2.83. The number of carbonyl (C=O) groups excluding carboxylic acids is 1. The van der Waals surface area contributed by atoms with Crippen LogP contribution in [0.4, 0.5) is 4.79 Å². The Morgan fingerprint density at radius 2 is 1.96 bits per heavy atom. The molecule has 0 fully saturated rings. The highest BCUT2D eigenvalue weighted by Gasteiger charge is 2.25. The van der Waals surface area contributed by atoms with E-state index >= 15 is 0 Å². The summed E-state index contributed by atoms with van der Waals surface area (Å²) in [6.45, 7) is 5.68. The first-order chi connectivity index (χ1) is 13.4. The Morgan fingerprint density at radius 3 is 2.57 bits per heavy atom. The third-order valence-electron chi connectivity index (χ3n) is 4.25. The van der Waals surface area contributed by atoms with Crippen LogP contribution in [0, 0.1) is 0 Å². The van der Waals surface area contributed by atoms with Gasteiger partial charge in [0.25, 0.3) is 0 Å². The van der Waals surface area contributed by atoms with E-state index in [2.05, 4.69) is 10.3 Å². The van der Waals surface area contributed by atoms with Gasteiger partial charge in [0.2, 0.25) is 15.0 Å². The van der Waals surface area contributed by atoms with Crippen molar-refractivity contribution in [3.05, 3.63) is 47.8 Å². The Bertz CT molecular complexity index is 865. The van der Waals surface area contributed by atoms with Crippen LogP contribution in [-0.4, -0.2) is 55.7 Å². The molecule has 0 unspecified atom stereocenters. The lowest BCUT2D eigenvalue weighted by molar-refractivity contribution is 0.180. The molecule has 0 aliphatic heterocycles. The average molecular weight is 409 g/mol. The lowest BCUT2D eigenvalue weighted by Gasteiger charge is -2.22. The number of carbonyl (C=O) groups is 1. The van der Waals surface area contributed by atoms with Crippen LogP contribution in [0.5, 0.6) is 0 Å². The number of rotatable bonds is 10. The van der Waals surface area contributed by atoms with Gasteiger partial charge in [0.05, 0.1) is 30.8 Å². The number of sulfone groups is 1. The molecule has 9 heteroatoms. The number of hydrogen-bond donors (Lipinski definition) is 1. The molecule has 0 saturated heterocycles. The van der Waals surface area contributed by atoms with E-state index in [9.17, 15) is 13.2 Å². The second-order valence-electron chi connectivity index (χ2n) is 6.27. The maximum Gasteiger partial charge on any atom is 0.317 e. The van der Waals surface area contributed by atoms with E-state index in [1.54, 1.807) is 40.8 Å². The zero-order valence-electron chi connectivity index (χ0n) is 16.6. The van der Waals surface area contributed by atoms with Crippen LogP contribution >= 0.6 is 0 Å². The summed E-state index contributed by atoms with van der Waals surface area (Å²) in [4.78, 5) is 18.0. The quantitative estimate of drug-likeness (QED) is 0.649. The smallest absolute Gasteiger partial charge is 0.317 e. The Hall–Kier alpha value is -2.39. The molecule has 1 N–H and O–H groups in total. The van der Waals surface area contributed by atoms with Crippen molar-refractivity contribution >= 4 is 15.9 Å². The van der Waals surface area contributed by atoms with Crippen molar-refractivity contribution in [3.8, 4) is 0 Å². The number of hydrogen-bond acceptors (Lipinski definition) is 5. The number of ether oxygens (including phenoxy) is 1. The second kappa shape index (κ2) is 10.2. The summed E-state index contributed by atoms with van der Waals surface area (Å²) in [6.07, 6.45) is 1.52. The van der Waals surface area contributed by atoms with Gasteiger partial charge in [0.15, 0.2) is 0 Å². The molecular weight excluding hydrogens is 380 g/mol. The predicted octanol–water partition coefficient (Wildman–Crippen LogP) is 2.05. The third kappa shape index (κ3) is 5.56. The SMILES string of the molecule is CCNC(=O)N(CC)Cc1cnc(S(=O)(=O)Cc2ccccc2)n1CCOC. The summed E-state index contributed by atoms with van der Waals surface area (Å²) in [6, 6.07) is 8.80. The van der Waals surface area contributed by atoms with Crippen LogP contribution < -0.4 is 5.32 Å². The molecule has 2 rings (SSSR count). The van der Waals surface area contributed by atoms with Gasteiger partial charge in [-0.15, -0.1) is 0 Å². The minimum atomic E-state index is -3.65. The molecule has 0 spiro atoms. The molecule has 0 atom stereocenters. The maximum atomic E-state index is 13.0. The molecule has 0 saturated carbocycles. The largest absolute Gasteiger partial charge is 0.383 e.